The minimum absolute atomic E-state index is 0.440. The molecule has 0 aliphatic heterocycles. The van der Waals surface area contributed by atoms with Crippen molar-refractivity contribution in [3.8, 4) is 0 Å². The predicted molar refractivity (Wildman–Crippen MR) is 80.3 cm³/mol. The normalized spacial score (nSPS) is 12.7. The fourth-order valence-corrected chi connectivity index (χ4v) is 2.27. The summed E-state index contributed by atoms with van der Waals surface area (Å²) < 4.78 is 5.70. The summed E-state index contributed by atoms with van der Waals surface area (Å²) in [4.78, 5) is 4.45. The molecule has 0 aliphatic carbocycles. The maximum absolute atomic E-state index is 5.75. The van der Waals surface area contributed by atoms with Gasteiger partial charge in [0.15, 0.2) is 5.58 Å². The molecule has 2 rings (SSSR count). The fourth-order valence-electron chi connectivity index (χ4n) is 2.27. The van der Waals surface area contributed by atoms with Gasteiger partial charge in [0.05, 0.1) is 0 Å². The van der Waals surface area contributed by atoms with E-state index in [1.807, 2.05) is 18.2 Å². The Bertz CT molecular complexity index is 521. The number of nitrogens with zero attached hydrogens (tertiary/aromatic N) is 1. The van der Waals surface area contributed by atoms with Gasteiger partial charge in [0.2, 0.25) is 0 Å². The lowest BCUT2D eigenvalue weighted by Gasteiger charge is -2.15. The molecule has 0 radical (unpaired) electrons. The number of aromatic nitrogens is 1. The molecule has 1 aromatic carbocycles. The molecular formula is C15H23N3O. The summed E-state index contributed by atoms with van der Waals surface area (Å²) >= 11 is 0. The van der Waals surface area contributed by atoms with E-state index in [0.29, 0.717) is 17.7 Å². The van der Waals surface area contributed by atoms with Crippen molar-refractivity contribution < 1.29 is 4.42 Å². The molecule has 3 N–H and O–H groups in total. The van der Waals surface area contributed by atoms with Crippen LogP contribution in [0.15, 0.2) is 22.6 Å². The average molecular weight is 261 g/mol. The summed E-state index contributed by atoms with van der Waals surface area (Å²) in [7, 11) is 0. The summed E-state index contributed by atoms with van der Waals surface area (Å²) in [5.41, 5.74) is 8.05. The highest BCUT2D eigenvalue weighted by Crippen LogP contribution is 2.22. The first-order valence-corrected chi connectivity index (χ1v) is 7.15. The van der Waals surface area contributed by atoms with E-state index in [1.54, 1.807) is 0 Å². The second-order valence-corrected chi connectivity index (χ2v) is 5.02. The Hall–Kier alpha value is -1.71. The van der Waals surface area contributed by atoms with E-state index in [-0.39, 0.29) is 0 Å². The van der Waals surface area contributed by atoms with Gasteiger partial charge in [-0.2, -0.15) is 4.98 Å². The van der Waals surface area contributed by atoms with Crippen LogP contribution in [0.1, 0.15) is 46.0 Å². The number of oxazole rings is 1. The van der Waals surface area contributed by atoms with Crippen molar-refractivity contribution in [1.82, 2.24) is 4.98 Å². The fraction of sp³-hybridized carbons (Fsp3) is 0.533. The molecule has 0 amide bonds. The third-order valence-electron chi connectivity index (χ3n) is 3.28. The van der Waals surface area contributed by atoms with Crippen LogP contribution in [-0.4, -0.2) is 11.0 Å². The molecule has 2 aromatic rings. The number of nitrogens with two attached hydrogens (primary N) is 1. The zero-order valence-corrected chi connectivity index (χ0v) is 11.8. The van der Waals surface area contributed by atoms with Gasteiger partial charge in [0, 0.05) is 11.7 Å². The SMILES string of the molecule is CCCCC(CCC)Nc1nc2cc(N)ccc2o1. The minimum atomic E-state index is 0.440. The molecule has 0 saturated heterocycles. The summed E-state index contributed by atoms with van der Waals surface area (Å²) in [6, 6.07) is 6.58. The van der Waals surface area contributed by atoms with Gasteiger partial charge in [-0.1, -0.05) is 33.1 Å². The Kier molecular flexibility index (Phi) is 4.66. The van der Waals surface area contributed by atoms with Crippen molar-refractivity contribution >= 4 is 22.8 Å². The van der Waals surface area contributed by atoms with Gasteiger partial charge in [0.25, 0.3) is 6.01 Å². The van der Waals surface area contributed by atoms with Crippen LogP contribution in [-0.2, 0) is 0 Å². The Morgan fingerprint density at radius 3 is 2.84 bits per heavy atom. The molecule has 0 saturated carbocycles. The van der Waals surface area contributed by atoms with Crippen molar-refractivity contribution in [3.63, 3.8) is 0 Å². The first-order valence-electron chi connectivity index (χ1n) is 7.15. The van der Waals surface area contributed by atoms with Crippen LogP contribution in [0.2, 0.25) is 0 Å². The number of unbranched alkanes of at least 4 members (excludes halogenated alkanes) is 1. The highest BCUT2D eigenvalue weighted by atomic mass is 16.4. The van der Waals surface area contributed by atoms with Crippen LogP contribution in [0.3, 0.4) is 0 Å². The molecule has 0 aliphatic rings. The predicted octanol–water partition coefficient (Wildman–Crippen LogP) is 4.18. The minimum Gasteiger partial charge on any atom is -0.424 e. The van der Waals surface area contributed by atoms with Crippen molar-refractivity contribution in [3.05, 3.63) is 18.2 Å². The van der Waals surface area contributed by atoms with Gasteiger partial charge in [-0.15, -0.1) is 0 Å². The van der Waals surface area contributed by atoms with Crippen LogP contribution in [0, 0.1) is 0 Å². The number of fused-ring (bicyclic) bond motifs is 1. The van der Waals surface area contributed by atoms with Gasteiger partial charge >= 0.3 is 0 Å². The monoisotopic (exact) mass is 261 g/mol. The largest absolute Gasteiger partial charge is 0.424 e. The highest BCUT2D eigenvalue weighted by molar-refractivity contribution is 5.78. The summed E-state index contributed by atoms with van der Waals surface area (Å²) in [5.74, 6) is 0. The number of hydrogen-bond acceptors (Lipinski definition) is 4. The van der Waals surface area contributed by atoms with E-state index in [9.17, 15) is 0 Å². The molecule has 1 aromatic heterocycles. The highest BCUT2D eigenvalue weighted by Gasteiger charge is 2.11. The van der Waals surface area contributed by atoms with Crippen molar-refractivity contribution in [2.24, 2.45) is 0 Å². The lowest BCUT2D eigenvalue weighted by Crippen LogP contribution is -2.19. The van der Waals surface area contributed by atoms with E-state index < -0.39 is 0 Å². The summed E-state index contributed by atoms with van der Waals surface area (Å²) in [6.07, 6.45) is 5.90. The molecule has 0 bridgehead atoms. The number of anilines is 2. The van der Waals surface area contributed by atoms with E-state index in [4.69, 9.17) is 10.2 Å². The van der Waals surface area contributed by atoms with E-state index in [1.165, 1.54) is 12.8 Å². The first kappa shape index (κ1) is 13.7. The zero-order valence-electron chi connectivity index (χ0n) is 11.8. The smallest absolute Gasteiger partial charge is 0.295 e. The molecule has 0 fully saturated rings. The Morgan fingerprint density at radius 2 is 2.11 bits per heavy atom. The molecule has 19 heavy (non-hydrogen) atoms. The zero-order chi connectivity index (χ0) is 13.7. The third-order valence-corrected chi connectivity index (χ3v) is 3.28. The second kappa shape index (κ2) is 6.45. The Labute approximate surface area is 114 Å². The van der Waals surface area contributed by atoms with Crippen molar-refractivity contribution in [1.29, 1.82) is 0 Å². The van der Waals surface area contributed by atoms with E-state index in [2.05, 4.69) is 24.1 Å². The molecule has 4 heteroatoms. The van der Waals surface area contributed by atoms with Crippen molar-refractivity contribution in [2.75, 3.05) is 11.1 Å². The van der Waals surface area contributed by atoms with Crippen LogP contribution in [0.4, 0.5) is 11.7 Å². The molecule has 1 heterocycles. The number of nitrogens with one attached hydrogen (secondary N) is 1. The second-order valence-electron chi connectivity index (χ2n) is 5.02. The third kappa shape index (κ3) is 3.63. The van der Waals surface area contributed by atoms with Crippen LogP contribution < -0.4 is 11.1 Å². The molecular weight excluding hydrogens is 238 g/mol. The van der Waals surface area contributed by atoms with Crippen LogP contribution >= 0.6 is 0 Å². The topological polar surface area (TPSA) is 64.1 Å². The Balaban J connectivity index is 2.09. The van der Waals surface area contributed by atoms with Gasteiger partial charge in [-0.05, 0) is 31.0 Å². The van der Waals surface area contributed by atoms with Gasteiger partial charge in [0.1, 0.15) is 5.52 Å². The molecule has 1 unspecified atom stereocenters. The number of rotatable bonds is 7. The van der Waals surface area contributed by atoms with Gasteiger partial charge < -0.3 is 15.5 Å². The molecule has 4 nitrogen and oxygen atoms in total. The first-order chi connectivity index (χ1) is 9.22. The molecule has 104 valence electrons. The number of hydrogen-bond donors (Lipinski definition) is 2. The molecule has 1 atom stereocenters. The lowest BCUT2D eigenvalue weighted by atomic mass is 10.1. The quantitative estimate of drug-likeness (QED) is 0.734. The summed E-state index contributed by atoms with van der Waals surface area (Å²) in [5, 5.41) is 3.41. The van der Waals surface area contributed by atoms with Crippen molar-refractivity contribution in [2.45, 2.75) is 52.0 Å². The Morgan fingerprint density at radius 1 is 1.26 bits per heavy atom. The standard InChI is InChI=1S/C15H23N3O/c1-3-5-7-12(6-4-2)17-15-18-13-10-11(16)8-9-14(13)19-15/h8-10,12H,3-7,16H2,1-2H3,(H,17,18). The van der Waals surface area contributed by atoms with Crippen LogP contribution in [0.5, 0.6) is 0 Å². The number of nitrogen functional groups attached to an aromatic ring is 1. The maximum atomic E-state index is 5.75. The van der Waals surface area contributed by atoms with Gasteiger partial charge in [-0.25, -0.2) is 0 Å². The average Bonchev–Trinajstić information content (AvgIpc) is 2.77. The lowest BCUT2D eigenvalue weighted by molar-refractivity contribution is 0.532. The van der Waals surface area contributed by atoms with E-state index in [0.717, 1.165) is 30.4 Å². The van der Waals surface area contributed by atoms with Crippen LogP contribution in [0.25, 0.3) is 11.1 Å². The maximum Gasteiger partial charge on any atom is 0.295 e. The number of benzene rings is 1. The summed E-state index contributed by atoms with van der Waals surface area (Å²) in [6.45, 7) is 4.42. The molecule has 0 spiro atoms. The van der Waals surface area contributed by atoms with Gasteiger partial charge in [-0.3, -0.25) is 0 Å². The van der Waals surface area contributed by atoms with E-state index >= 15 is 0 Å².